The zero-order chi connectivity index (χ0) is 13.7. The van der Waals surface area contributed by atoms with E-state index in [9.17, 15) is 0 Å². The molecule has 0 aliphatic carbocycles. The SMILES string of the molecule is CCC1OCCC1CNc1cc(OC)ccc1C#N. The number of ether oxygens (including phenoxy) is 2. The van der Waals surface area contributed by atoms with E-state index in [2.05, 4.69) is 18.3 Å². The third kappa shape index (κ3) is 3.18. The second-order valence-electron chi connectivity index (χ2n) is 4.77. The molecule has 1 heterocycles. The van der Waals surface area contributed by atoms with Crippen molar-refractivity contribution in [2.24, 2.45) is 5.92 Å². The average molecular weight is 260 g/mol. The highest BCUT2D eigenvalue weighted by molar-refractivity contribution is 5.60. The Balaban J connectivity index is 2.04. The lowest BCUT2D eigenvalue weighted by atomic mass is 9.99. The van der Waals surface area contributed by atoms with Gasteiger partial charge in [0.1, 0.15) is 11.8 Å². The number of hydrogen-bond donors (Lipinski definition) is 1. The quantitative estimate of drug-likeness (QED) is 0.884. The predicted molar refractivity (Wildman–Crippen MR) is 74.3 cm³/mol. The maximum atomic E-state index is 9.12. The van der Waals surface area contributed by atoms with Gasteiger partial charge < -0.3 is 14.8 Å². The summed E-state index contributed by atoms with van der Waals surface area (Å²) < 4.78 is 10.9. The van der Waals surface area contributed by atoms with Crippen LogP contribution in [0.3, 0.4) is 0 Å². The van der Waals surface area contributed by atoms with Crippen LogP contribution in [0, 0.1) is 17.2 Å². The van der Waals surface area contributed by atoms with Crippen molar-refractivity contribution in [2.75, 3.05) is 25.6 Å². The van der Waals surface area contributed by atoms with Crippen molar-refractivity contribution in [2.45, 2.75) is 25.9 Å². The first-order valence-corrected chi connectivity index (χ1v) is 6.72. The molecule has 2 atom stereocenters. The van der Waals surface area contributed by atoms with E-state index in [0.717, 1.165) is 37.4 Å². The molecule has 2 unspecified atom stereocenters. The number of nitrogens with one attached hydrogen (secondary N) is 1. The summed E-state index contributed by atoms with van der Waals surface area (Å²) in [5, 5.41) is 12.5. The fourth-order valence-corrected chi connectivity index (χ4v) is 2.51. The highest BCUT2D eigenvalue weighted by Crippen LogP contribution is 2.26. The summed E-state index contributed by atoms with van der Waals surface area (Å²) in [7, 11) is 1.63. The third-order valence-corrected chi connectivity index (χ3v) is 3.65. The van der Waals surface area contributed by atoms with E-state index >= 15 is 0 Å². The lowest BCUT2D eigenvalue weighted by Gasteiger charge is -2.18. The highest BCUT2D eigenvalue weighted by Gasteiger charge is 2.26. The van der Waals surface area contributed by atoms with Crippen LogP contribution in [0.4, 0.5) is 5.69 Å². The number of benzene rings is 1. The zero-order valence-electron chi connectivity index (χ0n) is 11.5. The molecule has 4 nitrogen and oxygen atoms in total. The second-order valence-corrected chi connectivity index (χ2v) is 4.77. The van der Waals surface area contributed by atoms with Crippen molar-refractivity contribution in [3.05, 3.63) is 23.8 Å². The largest absolute Gasteiger partial charge is 0.497 e. The molecule has 2 rings (SSSR count). The van der Waals surface area contributed by atoms with Gasteiger partial charge in [0.05, 0.1) is 24.5 Å². The zero-order valence-corrected chi connectivity index (χ0v) is 11.5. The number of anilines is 1. The number of methoxy groups -OCH3 is 1. The van der Waals surface area contributed by atoms with E-state index < -0.39 is 0 Å². The maximum Gasteiger partial charge on any atom is 0.121 e. The van der Waals surface area contributed by atoms with Gasteiger partial charge in [0, 0.05) is 25.1 Å². The maximum absolute atomic E-state index is 9.12. The van der Waals surface area contributed by atoms with Crippen LogP contribution in [0.5, 0.6) is 5.75 Å². The number of rotatable bonds is 5. The summed E-state index contributed by atoms with van der Waals surface area (Å²) in [4.78, 5) is 0. The number of nitriles is 1. The molecule has 0 radical (unpaired) electrons. The van der Waals surface area contributed by atoms with Gasteiger partial charge in [-0.15, -0.1) is 0 Å². The van der Waals surface area contributed by atoms with Gasteiger partial charge >= 0.3 is 0 Å². The monoisotopic (exact) mass is 260 g/mol. The molecule has 0 bridgehead atoms. The van der Waals surface area contributed by atoms with E-state index in [1.807, 2.05) is 6.07 Å². The summed E-state index contributed by atoms with van der Waals surface area (Å²) in [5.74, 6) is 1.28. The molecule has 1 aromatic carbocycles. The molecule has 1 N–H and O–H groups in total. The molecule has 0 aromatic heterocycles. The minimum Gasteiger partial charge on any atom is -0.497 e. The van der Waals surface area contributed by atoms with Crippen LogP contribution in [0.15, 0.2) is 18.2 Å². The van der Waals surface area contributed by atoms with Gasteiger partial charge in [-0.2, -0.15) is 5.26 Å². The fourth-order valence-electron chi connectivity index (χ4n) is 2.51. The van der Waals surface area contributed by atoms with Gasteiger partial charge in [-0.05, 0) is 25.0 Å². The van der Waals surface area contributed by atoms with Crippen molar-refractivity contribution in [1.82, 2.24) is 0 Å². The summed E-state index contributed by atoms with van der Waals surface area (Å²) in [6.07, 6.45) is 2.45. The smallest absolute Gasteiger partial charge is 0.121 e. The summed E-state index contributed by atoms with van der Waals surface area (Å²) in [6, 6.07) is 7.65. The van der Waals surface area contributed by atoms with E-state index in [-0.39, 0.29) is 0 Å². The second kappa shape index (κ2) is 6.44. The normalized spacial score (nSPS) is 21.9. The van der Waals surface area contributed by atoms with Gasteiger partial charge in [0.2, 0.25) is 0 Å². The predicted octanol–water partition coefficient (Wildman–Crippen LogP) is 2.79. The van der Waals surface area contributed by atoms with E-state index in [1.165, 1.54) is 0 Å². The Kier molecular flexibility index (Phi) is 4.64. The Morgan fingerprint density at radius 1 is 1.53 bits per heavy atom. The summed E-state index contributed by atoms with van der Waals surface area (Å²) in [6.45, 7) is 3.82. The van der Waals surface area contributed by atoms with E-state index in [0.29, 0.717) is 17.6 Å². The van der Waals surface area contributed by atoms with E-state index in [4.69, 9.17) is 14.7 Å². The van der Waals surface area contributed by atoms with E-state index in [1.54, 1.807) is 19.2 Å². The summed E-state index contributed by atoms with van der Waals surface area (Å²) in [5.41, 5.74) is 1.48. The minimum atomic E-state index is 0.337. The van der Waals surface area contributed by atoms with Gasteiger partial charge in [-0.25, -0.2) is 0 Å². The molecule has 102 valence electrons. The highest BCUT2D eigenvalue weighted by atomic mass is 16.5. The number of hydrogen-bond acceptors (Lipinski definition) is 4. The summed E-state index contributed by atoms with van der Waals surface area (Å²) >= 11 is 0. The van der Waals surface area contributed by atoms with Gasteiger partial charge in [0.15, 0.2) is 0 Å². The minimum absolute atomic E-state index is 0.337. The van der Waals surface area contributed by atoms with Crippen molar-refractivity contribution >= 4 is 5.69 Å². The van der Waals surface area contributed by atoms with Crippen LogP contribution in [-0.2, 0) is 4.74 Å². The Hall–Kier alpha value is -1.73. The van der Waals surface area contributed by atoms with Crippen molar-refractivity contribution < 1.29 is 9.47 Å². The standard InChI is InChI=1S/C15H20N2O2/c1-3-15-12(6-7-19-15)10-17-14-8-13(18-2)5-4-11(14)9-16/h4-5,8,12,15,17H,3,6-7,10H2,1-2H3. The Bertz CT molecular complexity index is 468. The van der Waals surface area contributed by atoms with Crippen LogP contribution in [0.1, 0.15) is 25.3 Å². The molecule has 19 heavy (non-hydrogen) atoms. The molecule has 1 saturated heterocycles. The molecule has 0 saturated carbocycles. The van der Waals surface area contributed by atoms with Crippen molar-refractivity contribution in [3.63, 3.8) is 0 Å². The van der Waals surface area contributed by atoms with Crippen LogP contribution >= 0.6 is 0 Å². The molecule has 1 aliphatic heterocycles. The molecule has 0 spiro atoms. The van der Waals surface area contributed by atoms with Gasteiger partial charge in [-0.3, -0.25) is 0 Å². The van der Waals surface area contributed by atoms with Crippen LogP contribution < -0.4 is 10.1 Å². The topological polar surface area (TPSA) is 54.3 Å². The first-order valence-electron chi connectivity index (χ1n) is 6.72. The van der Waals surface area contributed by atoms with Gasteiger partial charge in [0.25, 0.3) is 0 Å². The Labute approximate surface area is 114 Å². The first-order chi connectivity index (χ1) is 9.28. The molecule has 1 aliphatic rings. The molecule has 1 aromatic rings. The molecular weight excluding hydrogens is 240 g/mol. The first kappa shape index (κ1) is 13.7. The molecule has 0 amide bonds. The lowest BCUT2D eigenvalue weighted by Crippen LogP contribution is -2.23. The fraction of sp³-hybridized carbons (Fsp3) is 0.533. The third-order valence-electron chi connectivity index (χ3n) is 3.65. The average Bonchev–Trinajstić information content (AvgIpc) is 2.92. The van der Waals surface area contributed by atoms with Crippen molar-refractivity contribution in [3.8, 4) is 11.8 Å². The number of nitrogens with zero attached hydrogens (tertiary/aromatic N) is 1. The Morgan fingerprint density at radius 2 is 2.37 bits per heavy atom. The van der Waals surface area contributed by atoms with Crippen LogP contribution in [-0.4, -0.2) is 26.4 Å². The lowest BCUT2D eigenvalue weighted by molar-refractivity contribution is 0.0900. The van der Waals surface area contributed by atoms with Crippen molar-refractivity contribution in [1.29, 1.82) is 5.26 Å². The van der Waals surface area contributed by atoms with Crippen LogP contribution in [0.25, 0.3) is 0 Å². The van der Waals surface area contributed by atoms with Crippen LogP contribution in [0.2, 0.25) is 0 Å². The van der Waals surface area contributed by atoms with Gasteiger partial charge in [-0.1, -0.05) is 6.92 Å². The molecule has 4 heteroatoms. The molecular formula is C15H20N2O2. The Morgan fingerprint density at radius 3 is 3.05 bits per heavy atom. The molecule has 1 fully saturated rings.